The zero-order chi connectivity index (χ0) is 11.8. The van der Waals surface area contributed by atoms with Crippen molar-refractivity contribution in [2.24, 2.45) is 0 Å². The molecule has 0 bridgehead atoms. The van der Waals surface area contributed by atoms with E-state index < -0.39 is 5.60 Å². The fraction of sp³-hybridized carbons (Fsp3) is 0.800. The summed E-state index contributed by atoms with van der Waals surface area (Å²) in [6, 6.07) is -0.0519. The Morgan fingerprint density at radius 1 is 1.56 bits per heavy atom. The first-order chi connectivity index (χ1) is 7.53. The Labute approximate surface area is 94.0 Å². The molecule has 0 unspecified atom stereocenters. The van der Waals surface area contributed by atoms with E-state index in [2.05, 4.69) is 15.5 Å². The summed E-state index contributed by atoms with van der Waals surface area (Å²) in [5.74, 6) is 1.03. The van der Waals surface area contributed by atoms with Crippen LogP contribution in [0.25, 0.3) is 0 Å². The van der Waals surface area contributed by atoms with Crippen molar-refractivity contribution < 1.29 is 14.4 Å². The molecule has 0 aliphatic carbocycles. The predicted octanol–water partition coefficient (Wildman–Crippen LogP) is 0.346. The van der Waals surface area contributed by atoms with Crippen LogP contribution >= 0.6 is 0 Å². The van der Waals surface area contributed by atoms with E-state index in [4.69, 9.17) is 9.26 Å². The lowest BCUT2D eigenvalue weighted by atomic mass is 10.1. The lowest BCUT2D eigenvalue weighted by molar-refractivity contribution is 0.00973. The SMILES string of the molecule is COC(C)(C)c1noc([C@H]2C[C@H](O)CN2)n1. The van der Waals surface area contributed by atoms with E-state index >= 15 is 0 Å². The van der Waals surface area contributed by atoms with E-state index in [0.29, 0.717) is 24.7 Å². The Balaban J connectivity index is 2.14. The van der Waals surface area contributed by atoms with Crippen LogP contribution in [0.2, 0.25) is 0 Å². The van der Waals surface area contributed by atoms with Crippen LogP contribution in [-0.2, 0) is 10.3 Å². The third kappa shape index (κ3) is 2.09. The van der Waals surface area contributed by atoms with Crippen LogP contribution in [-0.4, -0.2) is 35.0 Å². The summed E-state index contributed by atoms with van der Waals surface area (Å²) in [7, 11) is 1.60. The second kappa shape index (κ2) is 4.12. The fourth-order valence-corrected chi connectivity index (χ4v) is 1.62. The molecule has 6 heteroatoms. The predicted molar refractivity (Wildman–Crippen MR) is 55.7 cm³/mol. The van der Waals surface area contributed by atoms with Crippen LogP contribution in [0.15, 0.2) is 4.52 Å². The molecular formula is C10H17N3O3. The number of nitrogens with one attached hydrogen (secondary N) is 1. The minimum atomic E-state index is -0.557. The van der Waals surface area contributed by atoms with Crippen molar-refractivity contribution in [2.45, 2.75) is 38.0 Å². The van der Waals surface area contributed by atoms with Crippen LogP contribution < -0.4 is 5.32 Å². The lowest BCUT2D eigenvalue weighted by Gasteiger charge is -2.17. The van der Waals surface area contributed by atoms with Crippen molar-refractivity contribution in [3.05, 3.63) is 11.7 Å². The van der Waals surface area contributed by atoms with Crippen LogP contribution in [0.4, 0.5) is 0 Å². The lowest BCUT2D eigenvalue weighted by Crippen LogP contribution is -2.21. The number of nitrogens with zero attached hydrogens (tertiary/aromatic N) is 2. The molecule has 2 rings (SSSR count). The number of hydrogen-bond acceptors (Lipinski definition) is 6. The maximum absolute atomic E-state index is 9.40. The molecule has 1 saturated heterocycles. The van der Waals surface area contributed by atoms with Crippen molar-refractivity contribution in [1.82, 2.24) is 15.5 Å². The summed E-state index contributed by atoms with van der Waals surface area (Å²) in [5.41, 5.74) is -0.557. The Morgan fingerprint density at radius 3 is 2.88 bits per heavy atom. The Hall–Kier alpha value is -0.980. The van der Waals surface area contributed by atoms with E-state index in [1.807, 2.05) is 13.8 Å². The van der Waals surface area contributed by atoms with E-state index in [9.17, 15) is 5.11 Å². The van der Waals surface area contributed by atoms with E-state index in [0.717, 1.165) is 0 Å². The second-order valence-electron chi connectivity index (χ2n) is 4.52. The van der Waals surface area contributed by atoms with Crippen molar-refractivity contribution in [2.75, 3.05) is 13.7 Å². The number of β-amino-alcohol motifs (C(OH)–C–C–N with tert-alkyl or cyclic N) is 1. The molecule has 1 aliphatic heterocycles. The van der Waals surface area contributed by atoms with Gasteiger partial charge in [-0.15, -0.1) is 0 Å². The Kier molecular flexibility index (Phi) is 2.96. The highest BCUT2D eigenvalue weighted by atomic mass is 16.5. The number of aliphatic hydroxyl groups is 1. The number of aromatic nitrogens is 2. The topological polar surface area (TPSA) is 80.4 Å². The number of methoxy groups -OCH3 is 1. The summed E-state index contributed by atoms with van der Waals surface area (Å²) in [6.07, 6.45) is 0.269. The maximum Gasteiger partial charge on any atom is 0.243 e. The largest absolute Gasteiger partial charge is 0.392 e. The van der Waals surface area contributed by atoms with Gasteiger partial charge in [-0.3, -0.25) is 0 Å². The molecule has 0 saturated carbocycles. The molecular weight excluding hydrogens is 210 g/mol. The molecule has 2 N–H and O–H groups in total. The molecule has 1 fully saturated rings. The number of hydrogen-bond donors (Lipinski definition) is 2. The van der Waals surface area contributed by atoms with Gasteiger partial charge in [-0.1, -0.05) is 5.16 Å². The first-order valence-electron chi connectivity index (χ1n) is 5.33. The van der Waals surface area contributed by atoms with Gasteiger partial charge < -0.3 is 19.7 Å². The molecule has 1 aromatic rings. The van der Waals surface area contributed by atoms with Crippen molar-refractivity contribution in [3.8, 4) is 0 Å². The van der Waals surface area contributed by atoms with Gasteiger partial charge in [0.2, 0.25) is 11.7 Å². The summed E-state index contributed by atoms with van der Waals surface area (Å²) < 4.78 is 10.4. The molecule has 0 amide bonds. The molecule has 1 aliphatic rings. The van der Waals surface area contributed by atoms with Gasteiger partial charge in [-0.25, -0.2) is 0 Å². The summed E-state index contributed by atoms with van der Waals surface area (Å²) in [5, 5.41) is 16.4. The van der Waals surface area contributed by atoms with Crippen LogP contribution in [0.1, 0.15) is 38.0 Å². The van der Waals surface area contributed by atoms with Gasteiger partial charge in [-0.05, 0) is 20.3 Å². The molecule has 6 nitrogen and oxygen atoms in total. The standard InChI is InChI=1S/C10H17N3O3/c1-10(2,15-3)9-12-8(16-13-9)7-4-6(14)5-11-7/h6-7,11,14H,4-5H2,1-3H3/t6-,7+/m0/s1. The fourth-order valence-electron chi connectivity index (χ4n) is 1.62. The monoisotopic (exact) mass is 227 g/mol. The quantitative estimate of drug-likeness (QED) is 0.775. The summed E-state index contributed by atoms with van der Waals surface area (Å²) >= 11 is 0. The van der Waals surface area contributed by atoms with Gasteiger partial charge in [0.05, 0.1) is 12.1 Å². The van der Waals surface area contributed by atoms with Gasteiger partial charge in [0, 0.05) is 13.7 Å². The third-order valence-electron chi connectivity index (χ3n) is 2.90. The molecule has 2 heterocycles. The highest BCUT2D eigenvalue weighted by Gasteiger charge is 2.31. The molecule has 16 heavy (non-hydrogen) atoms. The van der Waals surface area contributed by atoms with Gasteiger partial charge in [-0.2, -0.15) is 4.98 Å². The van der Waals surface area contributed by atoms with Crippen LogP contribution in [0, 0.1) is 0 Å². The normalized spacial score (nSPS) is 26.2. The van der Waals surface area contributed by atoms with Gasteiger partial charge >= 0.3 is 0 Å². The van der Waals surface area contributed by atoms with E-state index in [-0.39, 0.29) is 12.1 Å². The zero-order valence-corrected chi connectivity index (χ0v) is 9.73. The maximum atomic E-state index is 9.40. The summed E-state index contributed by atoms with van der Waals surface area (Å²) in [6.45, 7) is 4.31. The first kappa shape index (κ1) is 11.5. The molecule has 0 radical (unpaired) electrons. The first-order valence-corrected chi connectivity index (χ1v) is 5.33. The third-order valence-corrected chi connectivity index (χ3v) is 2.90. The smallest absolute Gasteiger partial charge is 0.243 e. The average molecular weight is 227 g/mol. The highest BCUT2D eigenvalue weighted by Crippen LogP contribution is 2.25. The number of aliphatic hydroxyl groups excluding tert-OH is 1. The number of rotatable bonds is 3. The summed E-state index contributed by atoms with van der Waals surface area (Å²) in [4.78, 5) is 4.29. The molecule has 2 atom stereocenters. The average Bonchev–Trinajstić information content (AvgIpc) is 2.85. The minimum absolute atomic E-state index is 0.0519. The van der Waals surface area contributed by atoms with Crippen molar-refractivity contribution in [1.29, 1.82) is 0 Å². The second-order valence-corrected chi connectivity index (χ2v) is 4.52. The Bertz CT molecular complexity index is 364. The van der Waals surface area contributed by atoms with Crippen molar-refractivity contribution >= 4 is 0 Å². The van der Waals surface area contributed by atoms with Crippen LogP contribution in [0.3, 0.4) is 0 Å². The highest BCUT2D eigenvalue weighted by molar-refractivity contribution is 5.02. The van der Waals surface area contributed by atoms with E-state index in [1.54, 1.807) is 7.11 Å². The molecule has 90 valence electrons. The van der Waals surface area contributed by atoms with Crippen molar-refractivity contribution in [3.63, 3.8) is 0 Å². The minimum Gasteiger partial charge on any atom is -0.392 e. The molecule has 0 spiro atoms. The Morgan fingerprint density at radius 2 is 2.31 bits per heavy atom. The van der Waals surface area contributed by atoms with Gasteiger partial charge in [0.1, 0.15) is 5.60 Å². The number of ether oxygens (including phenoxy) is 1. The van der Waals surface area contributed by atoms with E-state index in [1.165, 1.54) is 0 Å². The van der Waals surface area contributed by atoms with Gasteiger partial charge in [0.25, 0.3) is 0 Å². The zero-order valence-electron chi connectivity index (χ0n) is 9.73. The van der Waals surface area contributed by atoms with Crippen LogP contribution in [0.5, 0.6) is 0 Å². The van der Waals surface area contributed by atoms with Gasteiger partial charge in [0.15, 0.2) is 0 Å². The molecule has 0 aromatic carbocycles. The molecule has 1 aromatic heterocycles.